The lowest BCUT2D eigenvalue weighted by atomic mass is 10.2. The van der Waals surface area contributed by atoms with Crippen molar-refractivity contribution in [1.29, 1.82) is 0 Å². The van der Waals surface area contributed by atoms with Crippen LogP contribution in [0.15, 0.2) is 18.2 Å². The fourth-order valence-electron chi connectivity index (χ4n) is 1.48. The van der Waals surface area contributed by atoms with Gasteiger partial charge in [0.25, 0.3) is 5.91 Å². The van der Waals surface area contributed by atoms with Crippen LogP contribution in [-0.2, 0) is 14.3 Å². The number of hydrogen-bond donors (Lipinski definition) is 2. The molecule has 0 aliphatic rings. The van der Waals surface area contributed by atoms with E-state index >= 15 is 0 Å². The molecule has 0 saturated carbocycles. The van der Waals surface area contributed by atoms with Gasteiger partial charge in [-0.05, 0) is 31.5 Å². The maximum absolute atomic E-state index is 11.9. The molecule has 0 radical (unpaired) electrons. The summed E-state index contributed by atoms with van der Waals surface area (Å²) in [6, 6.07) is 4.91. The van der Waals surface area contributed by atoms with Crippen molar-refractivity contribution in [2.75, 3.05) is 30.9 Å². The minimum Gasteiger partial charge on any atom is -0.397 e. The van der Waals surface area contributed by atoms with Crippen LogP contribution in [0.5, 0.6) is 0 Å². The Bertz CT molecular complexity index is 440. The number of benzene rings is 1. The molecule has 0 aromatic heterocycles. The van der Waals surface area contributed by atoms with Gasteiger partial charge in [-0.3, -0.25) is 4.79 Å². The zero-order valence-corrected chi connectivity index (χ0v) is 12.6. The standard InChI is InChI=1S/C14H21ClN2O3/c1-3-6-19-7-8-20-10(2)14(18)17-13-9-11(15)4-5-12(13)16/h4-5,9-10H,3,6-8,16H2,1-2H3,(H,17,18). The molecule has 1 aromatic carbocycles. The summed E-state index contributed by atoms with van der Waals surface area (Å²) in [5.74, 6) is -0.269. The first-order chi connectivity index (χ1) is 9.54. The van der Waals surface area contributed by atoms with Crippen LogP contribution in [0.25, 0.3) is 0 Å². The summed E-state index contributed by atoms with van der Waals surface area (Å²) in [5.41, 5.74) is 6.70. The van der Waals surface area contributed by atoms with Gasteiger partial charge in [0.15, 0.2) is 0 Å². The van der Waals surface area contributed by atoms with Crippen LogP contribution in [0, 0.1) is 0 Å². The molecular weight excluding hydrogens is 280 g/mol. The lowest BCUT2D eigenvalue weighted by Crippen LogP contribution is -2.29. The molecule has 5 nitrogen and oxygen atoms in total. The van der Waals surface area contributed by atoms with Crippen LogP contribution < -0.4 is 11.1 Å². The lowest BCUT2D eigenvalue weighted by Gasteiger charge is -2.14. The molecule has 0 saturated heterocycles. The van der Waals surface area contributed by atoms with E-state index in [2.05, 4.69) is 5.32 Å². The van der Waals surface area contributed by atoms with Crippen molar-refractivity contribution >= 4 is 28.9 Å². The molecule has 1 rings (SSSR count). The summed E-state index contributed by atoms with van der Waals surface area (Å²) < 4.78 is 10.7. The number of rotatable bonds is 8. The number of ether oxygens (including phenoxy) is 2. The van der Waals surface area contributed by atoms with Gasteiger partial charge in [0.2, 0.25) is 0 Å². The molecule has 1 amide bonds. The van der Waals surface area contributed by atoms with Crippen LogP contribution in [0.1, 0.15) is 20.3 Å². The lowest BCUT2D eigenvalue weighted by molar-refractivity contribution is -0.127. The Balaban J connectivity index is 2.39. The number of halogens is 1. The minimum atomic E-state index is -0.585. The van der Waals surface area contributed by atoms with Crippen molar-refractivity contribution in [3.63, 3.8) is 0 Å². The molecular formula is C14H21ClN2O3. The number of anilines is 2. The largest absolute Gasteiger partial charge is 0.397 e. The third kappa shape index (κ3) is 5.77. The monoisotopic (exact) mass is 300 g/mol. The van der Waals surface area contributed by atoms with Crippen molar-refractivity contribution in [1.82, 2.24) is 0 Å². The first-order valence-corrected chi connectivity index (χ1v) is 6.97. The molecule has 1 unspecified atom stereocenters. The Labute approximate surface area is 124 Å². The zero-order valence-electron chi connectivity index (χ0n) is 11.8. The van der Waals surface area contributed by atoms with Crippen LogP contribution in [0.3, 0.4) is 0 Å². The Morgan fingerprint density at radius 3 is 2.85 bits per heavy atom. The molecule has 1 aromatic rings. The molecule has 6 heteroatoms. The SMILES string of the molecule is CCCOCCOC(C)C(=O)Nc1cc(Cl)ccc1N. The van der Waals surface area contributed by atoms with E-state index in [0.29, 0.717) is 36.2 Å². The molecule has 112 valence electrons. The van der Waals surface area contributed by atoms with Crippen molar-refractivity contribution < 1.29 is 14.3 Å². The first kappa shape index (κ1) is 16.8. The molecule has 0 fully saturated rings. The molecule has 0 bridgehead atoms. The van der Waals surface area contributed by atoms with E-state index in [0.717, 1.165) is 6.42 Å². The number of nitrogens with one attached hydrogen (secondary N) is 1. The number of amides is 1. The minimum absolute atomic E-state index is 0.269. The number of carbonyl (C=O) groups excluding carboxylic acids is 1. The molecule has 20 heavy (non-hydrogen) atoms. The van der Waals surface area contributed by atoms with E-state index in [4.69, 9.17) is 26.8 Å². The molecule has 3 N–H and O–H groups in total. The third-order valence-electron chi connectivity index (χ3n) is 2.59. The van der Waals surface area contributed by atoms with E-state index in [1.54, 1.807) is 25.1 Å². The zero-order chi connectivity index (χ0) is 15.0. The van der Waals surface area contributed by atoms with Crippen LogP contribution in [0.2, 0.25) is 5.02 Å². The van der Waals surface area contributed by atoms with Gasteiger partial charge in [-0.15, -0.1) is 0 Å². The fraction of sp³-hybridized carbons (Fsp3) is 0.500. The Kier molecular flexibility index (Phi) is 7.36. The second kappa shape index (κ2) is 8.79. The highest BCUT2D eigenvalue weighted by Gasteiger charge is 2.14. The maximum Gasteiger partial charge on any atom is 0.253 e. The highest BCUT2D eigenvalue weighted by molar-refractivity contribution is 6.31. The van der Waals surface area contributed by atoms with Gasteiger partial charge in [-0.1, -0.05) is 18.5 Å². The summed E-state index contributed by atoms with van der Waals surface area (Å²) >= 11 is 5.86. The average molecular weight is 301 g/mol. The first-order valence-electron chi connectivity index (χ1n) is 6.59. The molecule has 0 aliphatic carbocycles. The van der Waals surface area contributed by atoms with Crippen LogP contribution in [-0.4, -0.2) is 31.8 Å². The van der Waals surface area contributed by atoms with Gasteiger partial charge in [0.05, 0.1) is 24.6 Å². The third-order valence-corrected chi connectivity index (χ3v) is 2.82. The summed E-state index contributed by atoms with van der Waals surface area (Å²) in [4.78, 5) is 11.9. The molecule has 1 atom stereocenters. The van der Waals surface area contributed by atoms with E-state index < -0.39 is 6.10 Å². The van der Waals surface area contributed by atoms with E-state index in [1.807, 2.05) is 6.92 Å². The average Bonchev–Trinajstić information content (AvgIpc) is 2.42. The Morgan fingerprint density at radius 1 is 1.40 bits per heavy atom. The van der Waals surface area contributed by atoms with Gasteiger partial charge in [0, 0.05) is 11.6 Å². The van der Waals surface area contributed by atoms with Gasteiger partial charge >= 0.3 is 0 Å². The Hall–Kier alpha value is -1.30. The van der Waals surface area contributed by atoms with Crippen molar-refractivity contribution in [2.24, 2.45) is 0 Å². The molecule has 0 heterocycles. The van der Waals surface area contributed by atoms with E-state index in [-0.39, 0.29) is 5.91 Å². The highest BCUT2D eigenvalue weighted by atomic mass is 35.5. The van der Waals surface area contributed by atoms with Crippen LogP contribution >= 0.6 is 11.6 Å². The summed E-state index contributed by atoms with van der Waals surface area (Å²) in [7, 11) is 0. The van der Waals surface area contributed by atoms with Gasteiger partial charge in [-0.2, -0.15) is 0 Å². The summed E-state index contributed by atoms with van der Waals surface area (Å²) in [5, 5.41) is 3.20. The number of hydrogen-bond acceptors (Lipinski definition) is 4. The molecule has 0 spiro atoms. The van der Waals surface area contributed by atoms with Crippen molar-refractivity contribution in [3.8, 4) is 0 Å². The summed E-state index contributed by atoms with van der Waals surface area (Å²) in [6.07, 6.45) is 0.378. The number of nitrogens with two attached hydrogens (primary N) is 1. The predicted molar refractivity (Wildman–Crippen MR) is 81.0 cm³/mol. The number of carbonyl (C=O) groups is 1. The fourth-order valence-corrected chi connectivity index (χ4v) is 1.65. The van der Waals surface area contributed by atoms with Crippen molar-refractivity contribution in [3.05, 3.63) is 23.2 Å². The summed E-state index contributed by atoms with van der Waals surface area (Å²) in [6.45, 7) is 5.26. The highest BCUT2D eigenvalue weighted by Crippen LogP contribution is 2.23. The van der Waals surface area contributed by atoms with E-state index in [9.17, 15) is 4.79 Å². The maximum atomic E-state index is 11.9. The normalized spacial score (nSPS) is 12.2. The second-order valence-corrected chi connectivity index (χ2v) is 4.78. The smallest absolute Gasteiger partial charge is 0.253 e. The quantitative estimate of drug-likeness (QED) is 0.572. The second-order valence-electron chi connectivity index (χ2n) is 4.35. The number of nitrogen functional groups attached to an aromatic ring is 1. The molecule has 0 aliphatic heterocycles. The van der Waals surface area contributed by atoms with Gasteiger partial charge < -0.3 is 20.5 Å². The van der Waals surface area contributed by atoms with Crippen molar-refractivity contribution in [2.45, 2.75) is 26.4 Å². The predicted octanol–water partition coefficient (Wildman–Crippen LogP) is 2.69. The Morgan fingerprint density at radius 2 is 2.15 bits per heavy atom. The van der Waals surface area contributed by atoms with E-state index in [1.165, 1.54) is 0 Å². The topological polar surface area (TPSA) is 73.6 Å². The van der Waals surface area contributed by atoms with Gasteiger partial charge in [0.1, 0.15) is 6.10 Å². The van der Waals surface area contributed by atoms with Gasteiger partial charge in [-0.25, -0.2) is 0 Å². The van der Waals surface area contributed by atoms with Crippen LogP contribution in [0.4, 0.5) is 11.4 Å².